The fourth-order valence-electron chi connectivity index (χ4n) is 21.0. The number of carboxylic acid groups (broad SMARTS) is 1. The van der Waals surface area contributed by atoms with E-state index >= 15 is 0 Å². The van der Waals surface area contributed by atoms with Crippen LogP contribution in [0.5, 0.6) is 0 Å². The zero-order valence-corrected chi connectivity index (χ0v) is 47.3. The van der Waals surface area contributed by atoms with Gasteiger partial charge in [-0.05, 0) is 219 Å². The highest BCUT2D eigenvalue weighted by Gasteiger charge is 2.72. The summed E-state index contributed by atoms with van der Waals surface area (Å²) in [5.41, 5.74) is 0.732. The number of carbonyl (C=O) groups is 4. The fourth-order valence-corrected chi connectivity index (χ4v) is 21.0. The van der Waals surface area contributed by atoms with Gasteiger partial charge in [0.1, 0.15) is 0 Å². The summed E-state index contributed by atoms with van der Waals surface area (Å²) >= 11 is 0. The zero-order chi connectivity index (χ0) is 52.9. The molecule has 10 rings (SSSR count). The Labute approximate surface area is 429 Å². The van der Waals surface area contributed by atoms with E-state index in [4.69, 9.17) is 9.84 Å². The maximum Gasteiger partial charge on any atom is 0.311 e. The summed E-state index contributed by atoms with van der Waals surface area (Å²) in [6.07, 6.45) is 20.5. The van der Waals surface area contributed by atoms with E-state index in [9.17, 15) is 34.5 Å². The van der Waals surface area contributed by atoms with Crippen LogP contribution < -0.4 is 0 Å². The Kier molecular flexibility index (Phi) is 13.2. The highest BCUT2D eigenvalue weighted by Crippen LogP contribution is 2.77. The predicted octanol–water partition coefficient (Wildman–Crippen LogP) is 12.5. The lowest BCUT2D eigenvalue weighted by molar-refractivity contribution is -0.202. The fraction of sp³-hybridized carbons (Fsp3) is 0.871. The zero-order valence-electron chi connectivity index (χ0n) is 47.3. The van der Waals surface area contributed by atoms with E-state index in [1.54, 1.807) is 0 Å². The van der Waals surface area contributed by atoms with Crippen LogP contribution in [0.25, 0.3) is 0 Å². The molecule has 8 saturated carbocycles. The minimum Gasteiger partial charge on any atom is -0.481 e. The monoisotopic (exact) mass is 987 g/mol. The summed E-state index contributed by atoms with van der Waals surface area (Å²) in [5.74, 6) is 0.865. The number of rotatable bonds is 2. The molecule has 0 saturated heterocycles. The number of hydrogen-bond acceptors (Lipinski definition) is 8. The molecule has 9 heteroatoms. The predicted molar refractivity (Wildman–Crippen MR) is 279 cm³/mol. The van der Waals surface area contributed by atoms with Crippen molar-refractivity contribution >= 4 is 23.5 Å². The van der Waals surface area contributed by atoms with Gasteiger partial charge in [0.2, 0.25) is 0 Å². The second-order valence-corrected chi connectivity index (χ2v) is 30.1. The molecular formula is C62H98O9. The standard InChI is InChI=1S/C31H48O4.C30H46O4.CH4O/c1-26(2)22-9-12-31(7)24(29(22,5)11-10-23(26)33)21(32)17-19-20-18-28(4,25(34)35-8)14-13-27(20,3)15-16-30(19,31)6;1-25(2)21-8-11-30(7)23(28(21,5)10-9-22(25)32)20(31)16-18-19-17-27(4,24(33)34)13-12-26(19,3)14-15-29(18,30)6;1-2/h17,20,22-24,33H,9-16,18H2,1-8H3;16,19,21-23,32H,8-15,17H2,1-7H3,(H,33,34);2H,1H3/t20?,22-,23-,24+,27+,28-,29-,30+,31+;19?,21-,22-,23+,26+,27-,28-,29+,30+;/m00./s1. The summed E-state index contributed by atoms with van der Waals surface area (Å²) in [5, 5.41) is 38.8. The lowest BCUT2D eigenvalue weighted by atomic mass is 9.33. The molecule has 10 aliphatic carbocycles. The number of esters is 1. The molecule has 18 atom stereocenters. The van der Waals surface area contributed by atoms with Crippen molar-refractivity contribution in [1.82, 2.24) is 0 Å². The van der Waals surface area contributed by atoms with Crippen molar-refractivity contribution in [2.24, 2.45) is 100 Å². The van der Waals surface area contributed by atoms with Crippen molar-refractivity contribution < 1.29 is 44.3 Å². The largest absolute Gasteiger partial charge is 0.481 e. The van der Waals surface area contributed by atoms with E-state index < -0.39 is 16.8 Å². The van der Waals surface area contributed by atoms with E-state index in [1.165, 1.54) is 18.3 Å². The second-order valence-electron chi connectivity index (χ2n) is 30.1. The van der Waals surface area contributed by atoms with Crippen molar-refractivity contribution in [1.29, 1.82) is 0 Å². The Balaban J connectivity index is 0.000000184. The first kappa shape index (κ1) is 54.9. The minimum atomic E-state index is -0.711. The normalized spacial score (nSPS) is 52.0. The molecule has 0 heterocycles. The number of carbonyl (C=O) groups excluding carboxylic acids is 3. The number of carboxylic acids is 1. The quantitative estimate of drug-likeness (QED) is 0.198. The molecule has 0 aromatic rings. The van der Waals surface area contributed by atoms with Crippen LogP contribution >= 0.6 is 0 Å². The third kappa shape index (κ3) is 7.31. The van der Waals surface area contributed by atoms with Crippen molar-refractivity contribution in [3.63, 3.8) is 0 Å². The van der Waals surface area contributed by atoms with Crippen LogP contribution in [0.4, 0.5) is 0 Å². The van der Waals surface area contributed by atoms with E-state index in [0.29, 0.717) is 24.0 Å². The molecule has 400 valence electrons. The lowest BCUT2D eigenvalue weighted by Gasteiger charge is -2.70. The van der Waals surface area contributed by atoms with Crippen molar-refractivity contribution in [3.8, 4) is 0 Å². The Morgan fingerprint density at radius 1 is 0.507 bits per heavy atom. The molecule has 0 aromatic carbocycles. The SMILES string of the molecule is CC1(C)[C@@H](O)CC[C@]2(C)[C@H]3C(=O)C=C4C5C[C@@](C)(C(=O)O)CC[C@]5(C)CC[C@@]4(C)[C@]3(C)CC[C@@H]12.CO.COC(=O)[C@@]1(C)CC[C@]2(C)CC[C@]3(C)C(=CC(=O)[C@@H]4[C@@]5(C)CC[C@H](O)C(C)(C)[C@@H]5CC[C@]43C)C2C1. The number of aliphatic hydroxyl groups excluding tert-OH is 3. The van der Waals surface area contributed by atoms with Gasteiger partial charge in [-0.2, -0.15) is 0 Å². The number of allylic oxidation sites excluding steroid dienone is 4. The van der Waals surface area contributed by atoms with Crippen LogP contribution in [0.1, 0.15) is 213 Å². The minimum absolute atomic E-state index is 0.00536. The van der Waals surface area contributed by atoms with Gasteiger partial charge in [0, 0.05) is 18.9 Å². The van der Waals surface area contributed by atoms with Gasteiger partial charge in [-0.3, -0.25) is 19.2 Å². The molecule has 0 spiro atoms. The number of aliphatic hydroxyl groups is 3. The first-order valence-electron chi connectivity index (χ1n) is 28.3. The summed E-state index contributed by atoms with van der Waals surface area (Å²) in [7, 11) is 2.50. The highest BCUT2D eigenvalue weighted by molar-refractivity contribution is 5.96. The highest BCUT2D eigenvalue weighted by atomic mass is 16.5. The molecule has 0 aliphatic heterocycles. The van der Waals surface area contributed by atoms with Crippen LogP contribution in [0, 0.1) is 100 Å². The van der Waals surface area contributed by atoms with Crippen LogP contribution in [0.15, 0.2) is 23.3 Å². The second kappa shape index (κ2) is 17.1. The maximum absolute atomic E-state index is 14.3. The van der Waals surface area contributed by atoms with E-state index in [0.717, 1.165) is 116 Å². The molecule has 0 amide bonds. The van der Waals surface area contributed by atoms with Crippen molar-refractivity contribution in [2.75, 3.05) is 14.2 Å². The Morgan fingerprint density at radius 3 is 1.23 bits per heavy atom. The van der Waals surface area contributed by atoms with E-state index in [-0.39, 0.29) is 102 Å². The van der Waals surface area contributed by atoms with Gasteiger partial charge in [-0.1, -0.05) is 94.2 Å². The van der Waals surface area contributed by atoms with Crippen LogP contribution in [-0.4, -0.2) is 70.4 Å². The molecular weight excluding hydrogens is 889 g/mol. The molecule has 0 radical (unpaired) electrons. The molecule has 71 heavy (non-hydrogen) atoms. The first-order chi connectivity index (χ1) is 32.6. The third-order valence-electron chi connectivity index (χ3n) is 26.3. The molecule has 2 unspecified atom stereocenters. The Hall–Kier alpha value is -2.36. The smallest absolute Gasteiger partial charge is 0.311 e. The van der Waals surface area contributed by atoms with Crippen LogP contribution in [0.3, 0.4) is 0 Å². The van der Waals surface area contributed by atoms with Gasteiger partial charge in [-0.15, -0.1) is 0 Å². The van der Waals surface area contributed by atoms with Crippen LogP contribution in [0.2, 0.25) is 0 Å². The van der Waals surface area contributed by atoms with Gasteiger partial charge in [-0.25, -0.2) is 0 Å². The van der Waals surface area contributed by atoms with Gasteiger partial charge < -0.3 is 25.2 Å². The number of hydrogen-bond donors (Lipinski definition) is 4. The van der Waals surface area contributed by atoms with Crippen LogP contribution in [-0.2, 0) is 23.9 Å². The average Bonchev–Trinajstić information content (AvgIpc) is 3.29. The molecule has 0 bridgehead atoms. The van der Waals surface area contributed by atoms with Gasteiger partial charge in [0.15, 0.2) is 11.6 Å². The summed E-state index contributed by atoms with van der Waals surface area (Å²) in [4.78, 5) is 53.5. The molecule has 0 aromatic heterocycles. The average molecular weight is 987 g/mol. The van der Waals surface area contributed by atoms with E-state index in [1.807, 2.05) is 13.0 Å². The summed E-state index contributed by atoms with van der Waals surface area (Å²) < 4.78 is 5.25. The lowest BCUT2D eigenvalue weighted by Crippen LogP contribution is -2.66. The number of methoxy groups -OCH3 is 1. The molecule has 9 nitrogen and oxygen atoms in total. The molecule has 8 fully saturated rings. The summed E-state index contributed by atoms with van der Waals surface area (Å²) in [6.45, 7) is 32.0. The van der Waals surface area contributed by atoms with E-state index in [2.05, 4.69) is 96.1 Å². The van der Waals surface area contributed by atoms with Crippen molar-refractivity contribution in [3.05, 3.63) is 23.3 Å². The topological polar surface area (TPSA) is 158 Å². The third-order valence-corrected chi connectivity index (χ3v) is 26.3. The van der Waals surface area contributed by atoms with Crippen molar-refractivity contribution in [2.45, 2.75) is 225 Å². The Bertz CT molecular complexity index is 2260. The molecule has 10 aliphatic rings. The maximum atomic E-state index is 14.3. The number of aliphatic carboxylic acids is 1. The number of ketones is 2. The van der Waals surface area contributed by atoms with Gasteiger partial charge in [0.05, 0.1) is 30.1 Å². The van der Waals surface area contributed by atoms with Gasteiger partial charge in [0.25, 0.3) is 0 Å². The number of ether oxygens (including phenoxy) is 1. The summed E-state index contributed by atoms with van der Waals surface area (Å²) in [6, 6.07) is 0. The van der Waals surface area contributed by atoms with Gasteiger partial charge >= 0.3 is 11.9 Å². The molecule has 4 N–H and O–H groups in total. The first-order valence-corrected chi connectivity index (χ1v) is 28.3. The number of fused-ring (bicyclic) bond motifs is 14. The Morgan fingerprint density at radius 2 is 0.859 bits per heavy atom.